The first kappa shape index (κ1) is 14.1. The molecule has 0 saturated carbocycles. The van der Waals surface area contributed by atoms with E-state index < -0.39 is 0 Å². The topological polar surface area (TPSA) is 30.5 Å². The molecule has 0 amide bonds. The molecular weight excluding hydrogens is 286 g/mol. The molecule has 3 nitrogen and oxygen atoms in total. The number of nitrogens with one attached hydrogen (secondary N) is 1. The maximum Gasteiger partial charge on any atom is 0.142 e. The number of benzene rings is 2. The molecule has 0 bridgehead atoms. The van der Waals surface area contributed by atoms with E-state index in [-0.39, 0.29) is 0 Å². The van der Waals surface area contributed by atoms with Gasteiger partial charge in [-0.2, -0.15) is 0 Å². The van der Waals surface area contributed by atoms with E-state index in [0.29, 0.717) is 10.9 Å². The predicted molar refractivity (Wildman–Crippen MR) is 85.8 cm³/mol. The van der Waals surface area contributed by atoms with Gasteiger partial charge in [-0.15, -0.1) is 0 Å². The number of ether oxygens (including phenoxy) is 2. The van der Waals surface area contributed by atoms with Crippen molar-refractivity contribution >= 4 is 17.3 Å². The molecule has 0 radical (unpaired) electrons. The van der Waals surface area contributed by atoms with Crippen LogP contribution in [-0.4, -0.2) is 20.3 Å². The maximum atomic E-state index is 6.06. The molecule has 1 aliphatic rings. The third-order valence-electron chi connectivity index (χ3n) is 3.78. The van der Waals surface area contributed by atoms with Gasteiger partial charge in [0.25, 0.3) is 0 Å². The summed E-state index contributed by atoms with van der Waals surface area (Å²) in [5.41, 5.74) is 2.19. The van der Waals surface area contributed by atoms with Crippen molar-refractivity contribution in [2.75, 3.05) is 25.6 Å². The number of para-hydroxylation sites is 1. The van der Waals surface area contributed by atoms with Gasteiger partial charge in [0, 0.05) is 17.5 Å². The van der Waals surface area contributed by atoms with Crippen LogP contribution in [-0.2, 0) is 0 Å². The summed E-state index contributed by atoms with van der Waals surface area (Å²) in [6.07, 6.45) is 1.01. The van der Waals surface area contributed by atoms with Gasteiger partial charge in [-0.25, -0.2) is 0 Å². The fourth-order valence-corrected chi connectivity index (χ4v) is 2.85. The SMILES string of the molecule is COc1ccc(Cl)cc1NCC1CCOc2ccccc21. The van der Waals surface area contributed by atoms with Crippen LogP contribution in [0.3, 0.4) is 0 Å². The van der Waals surface area contributed by atoms with Crippen molar-refractivity contribution in [3.8, 4) is 11.5 Å². The van der Waals surface area contributed by atoms with Crippen LogP contribution >= 0.6 is 11.6 Å². The minimum Gasteiger partial charge on any atom is -0.495 e. The van der Waals surface area contributed by atoms with Gasteiger partial charge in [0.2, 0.25) is 0 Å². The van der Waals surface area contributed by atoms with Crippen LogP contribution in [0.5, 0.6) is 11.5 Å². The van der Waals surface area contributed by atoms with Crippen molar-refractivity contribution < 1.29 is 9.47 Å². The minimum absolute atomic E-state index is 0.429. The zero-order chi connectivity index (χ0) is 14.7. The van der Waals surface area contributed by atoms with Crippen LogP contribution < -0.4 is 14.8 Å². The van der Waals surface area contributed by atoms with Gasteiger partial charge in [-0.1, -0.05) is 29.8 Å². The highest BCUT2D eigenvalue weighted by Gasteiger charge is 2.21. The number of methoxy groups -OCH3 is 1. The van der Waals surface area contributed by atoms with E-state index in [2.05, 4.69) is 17.4 Å². The number of fused-ring (bicyclic) bond motifs is 1. The summed E-state index contributed by atoms with van der Waals surface area (Å²) in [7, 11) is 1.66. The highest BCUT2D eigenvalue weighted by molar-refractivity contribution is 6.30. The van der Waals surface area contributed by atoms with Crippen molar-refractivity contribution in [1.82, 2.24) is 0 Å². The first-order chi connectivity index (χ1) is 10.3. The molecule has 2 aromatic carbocycles. The highest BCUT2D eigenvalue weighted by atomic mass is 35.5. The molecule has 21 heavy (non-hydrogen) atoms. The van der Waals surface area contributed by atoms with Crippen molar-refractivity contribution in [1.29, 1.82) is 0 Å². The van der Waals surface area contributed by atoms with E-state index in [4.69, 9.17) is 21.1 Å². The van der Waals surface area contributed by atoms with Crippen LogP contribution in [0, 0.1) is 0 Å². The average Bonchev–Trinajstić information content (AvgIpc) is 2.53. The van der Waals surface area contributed by atoms with Gasteiger partial charge in [0.1, 0.15) is 11.5 Å². The first-order valence-corrected chi connectivity index (χ1v) is 7.45. The van der Waals surface area contributed by atoms with Crippen molar-refractivity contribution in [2.45, 2.75) is 12.3 Å². The number of hydrogen-bond acceptors (Lipinski definition) is 3. The molecule has 3 rings (SSSR count). The Hall–Kier alpha value is -1.87. The Balaban J connectivity index is 1.76. The van der Waals surface area contributed by atoms with Gasteiger partial charge < -0.3 is 14.8 Å². The van der Waals surface area contributed by atoms with Gasteiger partial charge >= 0.3 is 0 Å². The highest BCUT2D eigenvalue weighted by Crippen LogP contribution is 2.34. The zero-order valence-electron chi connectivity index (χ0n) is 11.9. The number of anilines is 1. The van der Waals surface area contributed by atoms with Crippen molar-refractivity contribution in [2.24, 2.45) is 0 Å². The Morgan fingerprint density at radius 1 is 1.29 bits per heavy atom. The van der Waals surface area contributed by atoms with E-state index >= 15 is 0 Å². The van der Waals surface area contributed by atoms with Gasteiger partial charge in [0.05, 0.1) is 19.4 Å². The molecule has 0 spiro atoms. The van der Waals surface area contributed by atoms with Gasteiger partial charge in [-0.3, -0.25) is 0 Å². The fourth-order valence-electron chi connectivity index (χ4n) is 2.68. The molecule has 1 heterocycles. The summed E-state index contributed by atoms with van der Waals surface area (Å²) >= 11 is 6.06. The molecule has 110 valence electrons. The smallest absolute Gasteiger partial charge is 0.142 e. The van der Waals surface area contributed by atoms with Crippen LogP contribution in [0.15, 0.2) is 42.5 Å². The molecule has 0 saturated heterocycles. The summed E-state index contributed by atoms with van der Waals surface area (Å²) in [5.74, 6) is 2.23. The molecule has 2 aromatic rings. The Bertz CT molecular complexity index is 630. The molecule has 1 aliphatic heterocycles. The molecule has 0 aromatic heterocycles. The van der Waals surface area contributed by atoms with Gasteiger partial charge in [0.15, 0.2) is 0 Å². The average molecular weight is 304 g/mol. The summed E-state index contributed by atoms with van der Waals surface area (Å²) < 4.78 is 11.1. The summed E-state index contributed by atoms with van der Waals surface area (Å²) in [6.45, 7) is 1.59. The summed E-state index contributed by atoms with van der Waals surface area (Å²) in [6, 6.07) is 13.8. The first-order valence-electron chi connectivity index (χ1n) is 7.07. The fraction of sp³-hybridized carbons (Fsp3) is 0.294. The van der Waals surface area contributed by atoms with E-state index in [1.807, 2.05) is 30.3 Å². The third-order valence-corrected chi connectivity index (χ3v) is 4.02. The number of halogens is 1. The quantitative estimate of drug-likeness (QED) is 0.912. The zero-order valence-corrected chi connectivity index (χ0v) is 12.7. The Morgan fingerprint density at radius 2 is 2.14 bits per heavy atom. The van der Waals surface area contributed by atoms with E-state index in [1.54, 1.807) is 7.11 Å². The maximum absolute atomic E-state index is 6.06. The molecule has 0 fully saturated rings. The lowest BCUT2D eigenvalue weighted by atomic mass is 9.93. The lowest BCUT2D eigenvalue weighted by Crippen LogP contribution is -2.20. The molecule has 1 atom stereocenters. The van der Waals surface area contributed by atoms with Crippen LogP contribution in [0.1, 0.15) is 17.9 Å². The summed E-state index contributed by atoms with van der Waals surface area (Å²) in [5, 5.41) is 4.15. The third kappa shape index (κ3) is 3.08. The Labute approximate surface area is 129 Å². The lowest BCUT2D eigenvalue weighted by molar-refractivity contribution is 0.270. The molecule has 4 heteroatoms. The largest absolute Gasteiger partial charge is 0.495 e. The molecule has 1 N–H and O–H groups in total. The number of rotatable bonds is 4. The van der Waals surface area contributed by atoms with Crippen LogP contribution in [0.25, 0.3) is 0 Å². The lowest BCUT2D eigenvalue weighted by Gasteiger charge is -2.26. The Morgan fingerprint density at radius 3 is 3.00 bits per heavy atom. The standard InChI is InChI=1S/C17H18ClNO2/c1-20-17-7-6-13(18)10-15(17)19-11-12-8-9-21-16-5-3-2-4-14(12)16/h2-7,10,12,19H,8-9,11H2,1H3. The van der Waals surface area contributed by atoms with Crippen LogP contribution in [0.2, 0.25) is 5.02 Å². The monoisotopic (exact) mass is 303 g/mol. The van der Waals surface area contributed by atoms with E-state index in [0.717, 1.165) is 36.8 Å². The van der Waals surface area contributed by atoms with Crippen LogP contribution in [0.4, 0.5) is 5.69 Å². The minimum atomic E-state index is 0.429. The Kier molecular flexibility index (Phi) is 4.20. The van der Waals surface area contributed by atoms with Crippen molar-refractivity contribution in [3.63, 3.8) is 0 Å². The second kappa shape index (κ2) is 6.27. The van der Waals surface area contributed by atoms with E-state index in [9.17, 15) is 0 Å². The number of hydrogen-bond donors (Lipinski definition) is 1. The molecule has 1 unspecified atom stereocenters. The summed E-state index contributed by atoms with van der Waals surface area (Å²) in [4.78, 5) is 0. The molecule has 0 aliphatic carbocycles. The molecular formula is C17H18ClNO2. The van der Waals surface area contributed by atoms with E-state index in [1.165, 1.54) is 5.56 Å². The van der Waals surface area contributed by atoms with Crippen molar-refractivity contribution in [3.05, 3.63) is 53.1 Å². The second-order valence-corrected chi connectivity index (χ2v) is 5.53. The van der Waals surface area contributed by atoms with Gasteiger partial charge in [-0.05, 0) is 36.2 Å². The predicted octanol–water partition coefficient (Wildman–Crippen LogP) is 4.33. The second-order valence-electron chi connectivity index (χ2n) is 5.10. The normalized spacial score (nSPS) is 16.8.